The SMILES string of the molecule is CCOC(=O)[C@H](Cc1ccc(OC/C=C(\C)c2cc(OCc3ccccc3)cc(OCc3ccccc3)c2)cc1)OCC. The molecular weight excluding hydrogens is 540 g/mol. The average molecular weight is 581 g/mol. The maximum absolute atomic E-state index is 12.2. The Hall–Kier alpha value is -4.55. The van der Waals surface area contributed by atoms with Gasteiger partial charge in [0.15, 0.2) is 6.10 Å². The van der Waals surface area contributed by atoms with Crippen LogP contribution >= 0.6 is 0 Å². The summed E-state index contributed by atoms with van der Waals surface area (Å²) in [4.78, 5) is 12.2. The lowest BCUT2D eigenvalue weighted by atomic mass is 10.1. The van der Waals surface area contributed by atoms with E-state index in [4.69, 9.17) is 23.7 Å². The first-order valence-electron chi connectivity index (χ1n) is 14.7. The smallest absolute Gasteiger partial charge is 0.335 e. The average Bonchev–Trinajstić information content (AvgIpc) is 3.04. The highest BCUT2D eigenvalue weighted by Crippen LogP contribution is 2.29. The molecule has 0 bridgehead atoms. The second-order valence-corrected chi connectivity index (χ2v) is 9.98. The summed E-state index contributed by atoms with van der Waals surface area (Å²) in [5, 5.41) is 0. The second kappa shape index (κ2) is 16.8. The molecule has 0 spiro atoms. The van der Waals surface area contributed by atoms with Crippen LogP contribution in [-0.2, 0) is 33.9 Å². The van der Waals surface area contributed by atoms with Crippen molar-refractivity contribution in [3.05, 3.63) is 131 Å². The van der Waals surface area contributed by atoms with Gasteiger partial charge >= 0.3 is 5.97 Å². The van der Waals surface area contributed by atoms with Gasteiger partial charge in [0.2, 0.25) is 0 Å². The number of allylic oxidation sites excluding steroid dienone is 1. The number of esters is 1. The Balaban J connectivity index is 1.40. The van der Waals surface area contributed by atoms with Gasteiger partial charge in [-0.15, -0.1) is 0 Å². The molecule has 0 aliphatic heterocycles. The van der Waals surface area contributed by atoms with E-state index in [2.05, 4.69) is 0 Å². The van der Waals surface area contributed by atoms with Gasteiger partial charge in [-0.25, -0.2) is 4.79 Å². The van der Waals surface area contributed by atoms with Gasteiger partial charge in [-0.3, -0.25) is 0 Å². The minimum absolute atomic E-state index is 0.329. The highest BCUT2D eigenvalue weighted by molar-refractivity contribution is 5.75. The van der Waals surface area contributed by atoms with Crippen molar-refractivity contribution in [1.82, 2.24) is 0 Å². The van der Waals surface area contributed by atoms with Crippen LogP contribution in [0.15, 0.2) is 109 Å². The number of hydrogen-bond acceptors (Lipinski definition) is 6. The molecule has 4 rings (SSSR count). The van der Waals surface area contributed by atoms with Crippen LogP contribution in [0.1, 0.15) is 43.0 Å². The van der Waals surface area contributed by atoms with Crippen molar-refractivity contribution >= 4 is 11.5 Å². The molecule has 0 aliphatic rings. The predicted molar refractivity (Wildman–Crippen MR) is 169 cm³/mol. The summed E-state index contributed by atoms with van der Waals surface area (Å²) in [7, 11) is 0. The molecule has 0 aromatic heterocycles. The van der Waals surface area contributed by atoms with Crippen LogP contribution in [0.3, 0.4) is 0 Å². The van der Waals surface area contributed by atoms with E-state index in [1.54, 1.807) is 6.92 Å². The maximum atomic E-state index is 12.2. The summed E-state index contributed by atoms with van der Waals surface area (Å²) in [5.74, 6) is 1.88. The quantitative estimate of drug-likeness (QED) is 0.126. The second-order valence-electron chi connectivity index (χ2n) is 9.98. The third-order valence-corrected chi connectivity index (χ3v) is 6.73. The van der Waals surface area contributed by atoms with Gasteiger partial charge in [0.25, 0.3) is 0 Å². The summed E-state index contributed by atoms with van der Waals surface area (Å²) < 4.78 is 29.0. The van der Waals surface area contributed by atoms with Crippen LogP contribution in [0, 0.1) is 0 Å². The lowest BCUT2D eigenvalue weighted by Gasteiger charge is -2.15. The summed E-state index contributed by atoms with van der Waals surface area (Å²) in [6.07, 6.45) is 1.87. The van der Waals surface area contributed by atoms with E-state index in [1.165, 1.54) is 0 Å². The van der Waals surface area contributed by atoms with Crippen LogP contribution in [0.4, 0.5) is 0 Å². The molecule has 224 valence electrons. The summed E-state index contributed by atoms with van der Waals surface area (Å²) >= 11 is 0. The standard InChI is InChI=1S/C37H40O6/c1-4-39-36(37(38)40-5-2)22-29-16-18-33(19-17-29)41-21-20-28(3)32-23-34(42-26-30-12-8-6-9-13-30)25-35(24-32)43-27-31-14-10-7-11-15-31/h6-20,23-25,36H,4-5,21-22,26-27H2,1-3H3/b28-20+/t36-/m0/s1. The zero-order valence-electron chi connectivity index (χ0n) is 25.2. The predicted octanol–water partition coefficient (Wildman–Crippen LogP) is 7.84. The molecule has 1 atom stereocenters. The van der Waals surface area contributed by atoms with E-state index < -0.39 is 6.10 Å². The summed E-state index contributed by atoms with van der Waals surface area (Å²) in [6.45, 7) is 7.81. The molecule has 43 heavy (non-hydrogen) atoms. The maximum Gasteiger partial charge on any atom is 0.335 e. The van der Waals surface area contributed by atoms with Crippen molar-refractivity contribution in [2.45, 2.75) is 46.5 Å². The van der Waals surface area contributed by atoms with Crippen LogP contribution in [0.5, 0.6) is 17.2 Å². The Morgan fingerprint density at radius 3 is 1.79 bits per heavy atom. The van der Waals surface area contributed by atoms with Crippen LogP contribution in [-0.4, -0.2) is 31.9 Å². The Morgan fingerprint density at radius 1 is 0.674 bits per heavy atom. The van der Waals surface area contributed by atoms with Gasteiger partial charge in [-0.1, -0.05) is 72.8 Å². The molecule has 0 amide bonds. The monoisotopic (exact) mass is 580 g/mol. The zero-order chi connectivity index (χ0) is 30.3. The van der Waals surface area contributed by atoms with Gasteiger partial charge in [-0.05, 0) is 78.9 Å². The van der Waals surface area contributed by atoms with Gasteiger partial charge in [0.05, 0.1) is 6.61 Å². The molecule has 6 nitrogen and oxygen atoms in total. The number of carbonyl (C=O) groups is 1. The van der Waals surface area contributed by atoms with E-state index in [0.717, 1.165) is 45.1 Å². The number of benzene rings is 4. The topological polar surface area (TPSA) is 63.2 Å². The van der Waals surface area contributed by atoms with Crippen LogP contribution in [0.25, 0.3) is 5.57 Å². The van der Waals surface area contributed by atoms with Crippen molar-refractivity contribution in [3.63, 3.8) is 0 Å². The minimum atomic E-state index is -0.615. The first-order valence-corrected chi connectivity index (χ1v) is 14.7. The largest absolute Gasteiger partial charge is 0.490 e. The third-order valence-electron chi connectivity index (χ3n) is 6.73. The Bertz CT molecular complexity index is 1370. The lowest BCUT2D eigenvalue weighted by molar-refractivity contribution is -0.156. The molecule has 4 aromatic carbocycles. The normalized spacial score (nSPS) is 11.9. The zero-order valence-corrected chi connectivity index (χ0v) is 25.2. The molecular formula is C37H40O6. The fourth-order valence-electron chi connectivity index (χ4n) is 4.41. The lowest BCUT2D eigenvalue weighted by Crippen LogP contribution is -2.28. The van der Waals surface area contributed by atoms with Crippen molar-refractivity contribution in [2.24, 2.45) is 0 Å². The molecule has 0 radical (unpaired) electrons. The van der Waals surface area contributed by atoms with Gasteiger partial charge < -0.3 is 23.7 Å². The fourth-order valence-corrected chi connectivity index (χ4v) is 4.41. The summed E-state index contributed by atoms with van der Waals surface area (Å²) in [5.41, 5.74) is 5.20. The van der Waals surface area contributed by atoms with Crippen LogP contribution < -0.4 is 14.2 Å². The van der Waals surface area contributed by atoms with E-state index in [1.807, 2.05) is 123 Å². The van der Waals surface area contributed by atoms with E-state index in [-0.39, 0.29) is 5.97 Å². The molecule has 0 saturated heterocycles. The first-order chi connectivity index (χ1) is 21.0. The molecule has 4 aromatic rings. The number of hydrogen-bond donors (Lipinski definition) is 0. The molecule has 0 unspecified atom stereocenters. The molecule has 0 aliphatic carbocycles. The Labute approximate surface area is 254 Å². The molecule has 6 heteroatoms. The third kappa shape index (κ3) is 10.3. The Kier molecular flexibility index (Phi) is 12.2. The highest BCUT2D eigenvalue weighted by atomic mass is 16.6. The van der Waals surface area contributed by atoms with E-state index >= 15 is 0 Å². The molecule has 0 N–H and O–H groups in total. The van der Waals surface area contributed by atoms with E-state index in [0.29, 0.717) is 39.5 Å². The van der Waals surface area contributed by atoms with Gasteiger partial charge in [0.1, 0.15) is 37.1 Å². The number of ether oxygens (including phenoxy) is 5. The fraction of sp³-hybridized carbons (Fsp3) is 0.270. The van der Waals surface area contributed by atoms with Crippen molar-refractivity contribution in [1.29, 1.82) is 0 Å². The first kappa shape index (κ1) is 31.4. The highest BCUT2D eigenvalue weighted by Gasteiger charge is 2.20. The van der Waals surface area contributed by atoms with Gasteiger partial charge in [-0.2, -0.15) is 0 Å². The van der Waals surface area contributed by atoms with Crippen molar-refractivity contribution in [2.75, 3.05) is 19.8 Å². The van der Waals surface area contributed by atoms with Crippen molar-refractivity contribution < 1.29 is 28.5 Å². The molecule has 0 saturated carbocycles. The van der Waals surface area contributed by atoms with Crippen molar-refractivity contribution in [3.8, 4) is 17.2 Å². The molecule has 0 heterocycles. The number of carbonyl (C=O) groups excluding carboxylic acids is 1. The van der Waals surface area contributed by atoms with Gasteiger partial charge in [0, 0.05) is 19.1 Å². The number of rotatable bonds is 16. The summed E-state index contributed by atoms with van der Waals surface area (Å²) in [6, 6.07) is 33.9. The minimum Gasteiger partial charge on any atom is -0.490 e. The van der Waals surface area contributed by atoms with E-state index in [9.17, 15) is 4.79 Å². The molecule has 0 fully saturated rings. The van der Waals surface area contributed by atoms with Crippen LogP contribution in [0.2, 0.25) is 0 Å². The Morgan fingerprint density at radius 2 is 1.26 bits per heavy atom.